The third-order valence-corrected chi connectivity index (χ3v) is 8.87. The van der Waals surface area contributed by atoms with Crippen molar-refractivity contribution in [2.75, 3.05) is 19.9 Å². The Bertz CT molecular complexity index is 1290. The normalized spacial score (nSPS) is 15.2. The van der Waals surface area contributed by atoms with E-state index in [1.807, 2.05) is 37.3 Å². The van der Waals surface area contributed by atoms with Crippen LogP contribution in [0.4, 0.5) is 4.79 Å². The van der Waals surface area contributed by atoms with Crippen molar-refractivity contribution in [3.63, 3.8) is 0 Å². The van der Waals surface area contributed by atoms with Crippen LogP contribution < -0.4 is 14.8 Å². The molecule has 0 aliphatic carbocycles. The van der Waals surface area contributed by atoms with Crippen LogP contribution in [0.1, 0.15) is 65.9 Å². The molecule has 0 spiro atoms. The highest BCUT2D eigenvalue weighted by molar-refractivity contribution is 7.89. The number of ether oxygens (including phenoxy) is 3. The summed E-state index contributed by atoms with van der Waals surface area (Å²) >= 11 is 0. The largest absolute Gasteiger partial charge is 0.454 e. The molecule has 2 aromatic carbocycles. The van der Waals surface area contributed by atoms with Gasteiger partial charge in [-0.15, -0.1) is 6.58 Å². The fourth-order valence-electron chi connectivity index (χ4n) is 4.70. The minimum Gasteiger partial charge on any atom is -0.454 e. The number of benzene rings is 2. The van der Waals surface area contributed by atoms with Gasteiger partial charge in [0.05, 0.1) is 17.0 Å². The summed E-state index contributed by atoms with van der Waals surface area (Å²) in [4.78, 5) is 12.8. The van der Waals surface area contributed by atoms with Crippen LogP contribution in [0.15, 0.2) is 65.6 Å². The molecule has 232 valence electrons. The van der Waals surface area contributed by atoms with E-state index in [2.05, 4.69) is 18.8 Å². The number of carbonyl (C=O) groups excluding carboxylic acids is 1. The SMILES string of the molecule is C=C(C)CCCC(C)CCN(CC(O)C(Cc1ccccc1)NC(=O)OC(C)(C)C)S(=O)(=O)c1ccc2c(c1)OCO2. The zero-order chi connectivity index (χ0) is 30.9. The quantitative estimate of drug-likeness (QED) is 0.252. The maximum Gasteiger partial charge on any atom is 0.407 e. The Kier molecular flexibility index (Phi) is 11.8. The average molecular weight is 603 g/mol. The fraction of sp³-hybridized carbons (Fsp3) is 0.531. The van der Waals surface area contributed by atoms with Crippen molar-refractivity contribution in [3.05, 3.63) is 66.2 Å². The van der Waals surface area contributed by atoms with Gasteiger partial charge in [-0.1, -0.05) is 49.2 Å². The highest BCUT2D eigenvalue weighted by Gasteiger charge is 2.33. The minimum absolute atomic E-state index is 0.0282. The molecule has 1 aliphatic rings. The topological polar surface area (TPSA) is 114 Å². The lowest BCUT2D eigenvalue weighted by Gasteiger charge is -2.31. The van der Waals surface area contributed by atoms with Crippen LogP contribution in [-0.2, 0) is 21.2 Å². The van der Waals surface area contributed by atoms with Crippen LogP contribution in [0, 0.1) is 5.92 Å². The molecule has 3 unspecified atom stereocenters. The highest BCUT2D eigenvalue weighted by Crippen LogP contribution is 2.35. The van der Waals surface area contributed by atoms with Gasteiger partial charge >= 0.3 is 6.09 Å². The third-order valence-electron chi connectivity index (χ3n) is 7.01. The van der Waals surface area contributed by atoms with Gasteiger partial charge in [0.15, 0.2) is 11.5 Å². The summed E-state index contributed by atoms with van der Waals surface area (Å²) in [7, 11) is -4.03. The van der Waals surface area contributed by atoms with Gasteiger partial charge in [-0.05, 0) is 77.0 Å². The number of nitrogens with zero attached hydrogens (tertiary/aromatic N) is 1. The second-order valence-electron chi connectivity index (χ2n) is 12.1. The second-order valence-corrected chi connectivity index (χ2v) is 14.1. The van der Waals surface area contributed by atoms with Gasteiger partial charge in [-0.3, -0.25) is 0 Å². The molecule has 0 saturated heterocycles. The Morgan fingerprint density at radius 1 is 1.12 bits per heavy atom. The fourth-order valence-corrected chi connectivity index (χ4v) is 6.19. The summed E-state index contributed by atoms with van der Waals surface area (Å²) < 4.78 is 45.5. The van der Waals surface area contributed by atoms with E-state index in [1.54, 1.807) is 26.8 Å². The molecule has 0 radical (unpaired) electrons. The Hall–Kier alpha value is -3.08. The number of hydrogen-bond acceptors (Lipinski definition) is 7. The summed E-state index contributed by atoms with van der Waals surface area (Å²) in [6.07, 6.45) is 1.84. The molecule has 1 aliphatic heterocycles. The Morgan fingerprint density at radius 2 is 1.81 bits per heavy atom. The minimum atomic E-state index is -4.03. The molecule has 3 rings (SSSR count). The van der Waals surface area contributed by atoms with E-state index in [0.717, 1.165) is 30.4 Å². The molecule has 9 nitrogen and oxygen atoms in total. The maximum absolute atomic E-state index is 14.0. The summed E-state index contributed by atoms with van der Waals surface area (Å²) in [5, 5.41) is 14.3. The van der Waals surface area contributed by atoms with Crippen LogP contribution in [-0.4, -0.2) is 61.6 Å². The number of rotatable bonds is 15. The smallest absolute Gasteiger partial charge is 0.407 e. The molecule has 0 bridgehead atoms. The van der Waals surface area contributed by atoms with Gasteiger partial charge in [0, 0.05) is 19.2 Å². The number of aliphatic hydroxyl groups is 1. The van der Waals surface area contributed by atoms with Gasteiger partial charge in [0.2, 0.25) is 16.8 Å². The standard InChI is InChI=1S/C32H46N2O7S/c1-23(2)11-10-12-24(3)17-18-34(42(37,38)26-15-16-29-30(20-26)40-22-39-29)21-28(35)27(19-25-13-8-7-9-14-25)33-31(36)41-32(4,5)6/h7-9,13-16,20,24,27-28,35H,1,10-12,17-19,21-22H2,2-6H3,(H,33,36). The predicted octanol–water partition coefficient (Wildman–Crippen LogP) is 5.68. The molecule has 42 heavy (non-hydrogen) atoms. The van der Waals surface area contributed by atoms with Crippen molar-refractivity contribution < 1.29 is 32.5 Å². The van der Waals surface area contributed by atoms with Crippen molar-refractivity contribution in [2.45, 2.75) is 89.4 Å². The molecule has 10 heteroatoms. The van der Waals surface area contributed by atoms with E-state index in [-0.39, 0.29) is 37.1 Å². The number of nitrogens with one attached hydrogen (secondary N) is 1. The van der Waals surface area contributed by atoms with E-state index in [1.165, 1.54) is 16.4 Å². The van der Waals surface area contributed by atoms with Crippen molar-refractivity contribution in [2.24, 2.45) is 5.92 Å². The Balaban J connectivity index is 1.85. The molecule has 0 saturated carbocycles. The summed E-state index contributed by atoms with van der Waals surface area (Å²) in [6, 6.07) is 13.1. The molecule has 0 fully saturated rings. The van der Waals surface area contributed by atoms with Crippen LogP contribution in [0.3, 0.4) is 0 Å². The van der Waals surface area contributed by atoms with Crippen LogP contribution in [0.5, 0.6) is 11.5 Å². The van der Waals surface area contributed by atoms with Crippen molar-refractivity contribution >= 4 is 16.1 Å². The summed E-state index contributed by atoms with van der Waals surface area (Å²) in [5.41, 5.74) is 1.27. The molecule has 2 aromatic rings. The average Bonchev–Trinajstić information content (AvgIpc) is 3.38. The number of sulfonamides is 1. The molecule has 0 aromatic heterocycles. The molecule has 1 heterocycles. The van der Waals surface area contributed by atoms with E-state index in [4.69, 9.17) is 14.2 Å². The van der Waals surface area contributed by atoms with E-state index in [0.29, 0.717) is 17.9 Å². The summed E-state index contributed by atoms with van der Waals surface area (Å²) in [6.45, 7) is 13.3. The maximum atomic E-state index is 14.0. The number of amides is 1. The lowest BCUT2D eigenvalue weighted by atomic mass is 9.98. The third kappa shape index (κ3) is 10.3. The van der Waals surface area contributed by atoms with Gasteiger partial charge in [-0.2, -0.15) is 4.31 Å². The Morgan fingerprint density at radius 3 is 2.48 bits per heavy atom. The monoisotopic (exact) mass is 602 g/mol. The number of aliphatic hydroxyl groups excluding tert-OH is 1. The van der Waals surface area contributed by atoms with Crippen molar-refractivity contribution in [1.82, 2.24) is 9.62 Å². The molecular formula is C32H46N2O7S. The first-order valence-corrected chi connectivity index (χ1v) is 15.9. The predicted molar refractivity (Wildman–Crippen MR) is 163 cm³/mol. The Labute approximate surface area is 250 Å². The van der Waals surface area contributed by atoms with Crippen LogP contribution in [0.25, 0.3) is 0 Å². The first-order chi connectivity index (χ1) is 19.7. The van der Waals surface area contributed by atoms with E-state index < -0.39 is 33.9 Å². The second kappa shape index (κ2) is 14.9. The van der Waals surface area contributed by atoms with Gasteiger partial charge in [-0.25, -0.2) is 13.2 Å². The van der Waals surface area contributed by atoms with E-state index in [9.17, 15) is 18.3 Å². The molecule has 2 N–H and O–H groups in total. The first kappa shape index (κ1) is 33.4. The number of allylic oxidation sites excluding steroid dienone is 1. The van der Waals surface area contributed by atoms with Gasteiger partial charge in [0.25, 0.3) is 0 Å². The lowest BCUT2D eigenvalue weighted by Crippen LogP contribution is -2.51. The van der Waals surface area contributed by atoms with E-state index >= 15 is 0 Å². The van der Waals surface area contributed by atoms with Crippen molar-refractivity contribution in [1.29, 1.82) is 0 Å². The number of carbonyl (C=O) groups is 1. The zero-order valence-corrected chi connectivity index (χ0v) is 26.3. The number of hydrogen-bond donors (Lipinski definition) is 2. The zero-order valence-electron chi connectivity index (χ0n) is 25.5. The van der Waals surface area contributed by atoms with Crippen molar-refractivity contribution in [3.8, 4) is 11.5 Å². The summed E-state index contributed by atoms with van der Waals surface area (Å²) in [5.74, 6) is 1.10. The highest BCUT2D eigenvalue weighted by atomic mass is 32.2. The molecule has 1 amide bonds. The number of fused-ring (bicyclic) bond motifs is 1. The van der Waals surface area contributed by atoms with Gasteiger partial charge in [0.1, 0.15) is 5.60 Å². The van der Waals surface area contributed by atoms with Crippen LogP contribution in [0.2, 0.25) is 0 Å². The van der Waals surface area contributed by atoms with Gasteiger partial charge < -0.3 is 24.6 Å². The lowest BCUT2D eigenvalue weighted by molar-refractivity contribution is 0.0401. The first-order valence-electron chi connectivity index (χ1n) is 14.5. The molecular weight excluding hydrogens is 556 g/mol. The van der Waals surface area contributed by atoms with Crippen LogP contribution >= 0.6 is 0 Å². The number of alkyl carbamates (subject to hydrolysis) is 1. The molecule has 3 atom stereocenters.